The zero-order chi connectivity index (χ0) is 16.9. The summed E-state index contributed by atoms with van der Waals surface area (Å²) in [5, 5.41) is 0. The fourth-order valence-electron chi connectivity index (χ4n) is 2.00. The minimum absolute atomic E-state index is 0.00714. The molecule has 2 rings (SSSR count). The van der Waals surface area contributed by atoms with Crippen molar-refractivity contribution >= 4 is 5.97 Å². The van der Waals surface area contributed by atoms with Gasteiger partial charge in [-0.25, -0.2) is 4.79 Å². The van der Waals surface area contributed by atoms with Gasteiger partial charge in [-0.2, -0.15) is 13.2 Å². The third-order valence-corrected chi connectivity index (χ3v) is 3.22. The predicted molar refractivity (Wildman–Crippen MR) is 77.4 cm³/mol. The molecule has 0 aromatic heterocycles. The quantitative estimate of drug-likeness (QED) is 0.776. The summed E-state index contributed by atoms with van der Waals surface area (Å²) in [4.78, 5) is 11.8. The smallest absolute Gasteiger partial charge is 0.416 e. The van der Waals surface area contributed by atoms with Crippen LogP contribution in [0.25, 0.3) is 0 Å². The zero-order valence-corrected chi connectivity index (χ0v) is 12.3. The third kappa shape index (κ3) is 4.56. The zero-order valence-electron chi connectivity index (χ0n) is 12.3. The number of carbonyl (C=O) groups is 1. The molecule has 23 heavy (non-hydrogen) atoms. The Balaban J connectivity index is 2.08. The van der Waals surface area contributed by atoms with Gasteiger partial charge in [0.15, 0.2) is 6.10 Å². The van der Waals surface area contributed by atoms with E-state index in [0.717, 1.165) is 12.1 Å². The van der Waals surface area contributed by atoms with E-state index in [2.05, 4.69) is 0 Å². The second kappa shape index (κ2) is 7.28. The van der Waals surface area contributed by atoms with E-state index < -0.39 is 23.8 Å². The van der Waals surface area contributed by atoms with Gasteiger partial charge in [-0.15, -0.1) is 0 Å². The van der Waals surface area contributed by atoms with E-state index in [9.17, 15) is 18.0 Å². The van der Waals surface area contributed by atoms with Gasteiger partial charge in [0.2, 0.25) is 0 Å². The molecule has 0 N–H and O–H groups in total. The number of alkyl halides is 3. The van der Waals surface area contributed by atoms with Crippen LogP contribution in [0.3, 0.4) is 0 Å². The summed E-state index contributed by atoms with van der Waals surface area (Å²) in [7, 11) is 1.25. The molecule has 0 saturated carbocycles. The lowest BCUT2D eigenvalue weighted by molar-refractivity contribution is -0.155. The average Bonchev–Trinajstić information content (AvgIpc) is 2.55. The van der Waals surface area contributed by atoms with Crippen molar-refractivity contribution < 1.29 is 27.4 Å². The van der Waals surface area contributed by atoms with E-state index in [0.29, 0.717) is 11.1 Å². The molecule has 0 aliphatic rings. The normalized spacial score (nSPS) is 12.7. The molecular formula is C17H15F3O3. The lowest BCUT2D eigenvalue weighted by atomic mass is 10.1. The minimum Gasteiger partial charge on any atom is -0.467 e. The van der Waals surface area contributed by atoms with Gasteiger partial charge in [0.1, 0.15) is 0 Å². The molecule has 1 atom stereocenters. The maximum absolute atomic E-state index is 12.5. The van der Waals surface area contributed by atoms with Gasteiger partial charge in [0.25, 0.3) is 0 Å². The van der Waals surface area contributed by atoms with Crippen molar-refractivity contribution in [3.63, 3.8) is 0 Å². The molecule has 0 bridgehead atoms. The third-order valence-electron chi connectivity index (χ3n) is 3.22. The van der Waals surface area contributed by atoms with Crippen LogP contribution in [0.2, 0.25) is 0 Å². The molecule has 6 heteroatoms. The Morgan fingerprint density at radius 1 is 1.04 bits per heavy atom. The number of benzene rings is 2. The van der Waals surface area contributed by atoms with Gasteiger partial charge in [0, 0.05) is 0 Å². The Morgan fingerprint density at radius 3 is 2.17 bits per heavy atom. The van der Waals surface area contributed by atoms with Crippen LogP contribution in [0.5, 0.6) is 0 Å². The molecule has 0 aliphatic carbocycles. The highest BCUT2D eigenvalue weighted by molar-refractivity contribution is 5.76. The van der Waals surface area contributed by atoms with Crippen molar-refractivity contribution in [2.45, 2.75) is 18.9 Å². The molecular weight excluding hydrogens is 309 g/mol. The van der Waals surface area contributed by atoms with Crippen LogP contribution in [0.15, 0.2) is 54.6 Å². The summed E-state index contributed by atoms with van der Waals surface area (Å²) in [6.45, 7) is -0.00714. The lowest BCUT2D eigenvalue weighted by Gasteiger charge is -2.16. The number of halogens is 3. The number of esters is 1. The Labute approximate surface area is 131 Å². The molecule has 122 valence electrons. The molecule has 0 aliphatic heterocycles. The lowest BCUT2D eigenvalue weighted by Crippen LogP contribution is -2.17. The Bertz CT molecular complexity index is 636. The number of hydrogen-bond donors (Lipinski definition) is 0. The molecule has 0 saturated heterocycles. The van der Waals surface area contributed by atoms with Crippen LogP contribution < -0.4 is 0 Å². The summed E-state index contributed by atoms with van der Waals surface area (Å²) in [5.74, 6) is -0.567. The van der Waals surface area contributed by atoms with Crippen LogP contribution in [-0.4, -0.2) is 13.1 Å². The molecule has 3 nitrogen and oxygen atoms in total. The van der Waals surface area contributed by atoms with Crippen LogP contribution in [0, 0.1) is 0 Å². The van der Waals surface area contributed by atoms with E-state index in [4.69, 9.17) is 9.47 Å². The van der Waals surface area contributed by atoms with Crippen molar-refractivity contribution in [1.82, 2.24) is 0 Å². The first-order chi connectivity index (χ1) is 10.9. The molecule has 2 aromatic rings. The van der Waals surface area contributed by atoms with Gasteiger partial charge < -0.3 is 9.47 Å². The highest BCUT2D eigenvalue weighted by atomic mass is 19.4. The van der Waals surface area contributed by atoms with Crippen LogP contribution in [0.4, 0.5) is 13.2 Å². The summed E-state index contributed by atoms with van der Waals surface area (Å²) < 4.78 is 47.8. The Kier molecular flexibility index (Phi) is 5.39. The molecule has 0 heterocycles. The van der Waals surface area contributed by atoms with Crippen molar-refractivity contribution in [1.29, 1.82) is 0 Å². The average molecular weight is 324 g/mol. The summed E-state index contributed by atoms with van der Waals surface area (Å²) in [5.41, 5.74) is 0.419. The summed E-state index contributed by atoms with van der Waals surface area (Å²) >= 11 is 0. The number of carbonyl (C=O) groups excluding carboxylic acids is 1. The fourth-order valence-corrected chi connectivity index (χ4v) is 2.00. The largest absolute Gasteiger partial charge is 0.467 e. The Morgan fingerprint density at radius 2 is 1.65 bits per heavy atom. The molecule has 2 aromatic carbocycles. The molecule has 1 unspecified atom stereocenters. The topological polar surface area (TPSA) is 35.5 Å². The van der Waals surface area contributed by atoms with Crippen LogP contribution in [-0.2, 0) is 27.1 Å². The first-order valence-corrected chi connectivity index (χ1v) is 6.82. The maximum Gasteiger partial charge on any atom is 0.416 e. The number of methoxy groups -OCH3 is 1. The second-order valence-corrected chi connectivity index (χ2v) is 4.82. The number of hydrogen-bond acceptors (Lipinski definition) is 3. The highest BCUT2D eigenvalue weighted by Gasteiger charge is 2.30. The van der Waals surface area contributed by atoms with Crippen molar-refractivity contribution in [2.75, 3.05) is 7.11 Å². The van der Waals surface area contributed by atoms with Gasteiger partial charge in [-0.05, 0) is 23.3 Å². The second-order valence-electron chi connectivity index (χ2n) is 4.82. The standard InChI is InChI=1S/C17H15F3O3/c1-22-16(21)15(13-5-3-2-4-6-13)23-11-12-7-9-14(10-8-12)17(18,19)20/h2-10,15H,11H2,1H3. The highest BCUT2D eigenvalue weighted by Crippen LogP contribution is 2.29. The molecule has 0 amide bonds. The van der Waals surface area contributed by atoms with E-state index in [1.54, 1.807) is 30.3 Å². The number of rotatable bonds is 5. The molecule has 0 fully saturated rings. The predicted octanol–water partition coefficient (Wildman–Crippen LogP) is 4.14. The summed E-state index contributed by atoms with van der Waals surface area (Å²) in [6, 6.07) is 13.4. The molecule has 0 radical (unpaired) electrons. The monoisotopic (exact) mass is 324 g/mol. The van der Waals surface area contributed by atoms with E-state index in [-0.39, 0.29) is 6.61 Å². The van der Waals surface area contributed by atoms with Crippen molar-refractivity contribution in [3.8, 4) is 0 Å². The maximum atomic E-state index is 12.5. The van der Waals surface area contributed by atoms with Crippen molar-refractivity contribution in [2.24, 2.45) is 0 Å². The SMILES string of the molecule is COC(=O)C(OCc1ccc(C(F)(F)F)cc1)c1ccccc1. The first kappa shape index (κ1) is 17.0. The van der Waals surface area contributed by atoms with Gasteiger partial charge in [-0.1, -0.05) is 42.5 Å². The van der Waals surface area contributed by atoms with E-state index in [1.807, 2.05) is 0 Å². The minimum atomic E-state index is -4.38. The van der Waals surface area contributed by atoms with Crippen LogP contribution in [0.1, 0.15) is 22.8 Å². The van der Waals surface area contributed by atoms with Gasteiger partial charge in [-0.3, -0.25) is 0 Å². The van der Waals surface area contributed by atoms with Gasteiger partial charge in [0.05, 0.1) is 19.3 Å². The van der Waals surface area contributed by atoms with E-state index >= 15 is 0 Å². The van der Waals surface area contributed by atoms with Gasteiger partial charge >= 0.3 is 12.1 Å². The van der Waals surface area contributed by atoms with Crippen molar-refractivity contribution in [3.05, 3.63) is 71.3 Å². The first-order valence-electron chi connectivity index (χ1n) is 6.82. The fraction of sp³-hybridized carbons (Fsp3) is 0.235. The number of ether oxygens (including phenoxy) is 2. The Hall–Kier alpha value is -2.34. The molecule has 0 spiro atoms. The van der Waals surface area contributed by atoms with E-state index in [1.165, 1.54) is 19.2 Å². The van der Waals surface area contributed by atoms with Crippen LogP contribution >= 0.6 is 0 Å². The summed E-state index contributed by atoms with van der Waals surface area (Å²) in [6.07, 6.45) is -5.30.